The maximum Gasteiger partial charge on any atom is 0.191 e. The molecule has 2 heterocycles. The number of hydrogen-bond acceptors (Lipinski definition) is 3. The number of aliphatic imine (C=N–C) groups is 1. The Morgan fingerprint density at radius 2 is 2.16 bits per heavy atom. The number of benzene rings is 1. The Morgan fingerprint density at radius 3 is 2.80 bits per heavy atom. The van der Waals surface area contributed by atoms with Crippen LogP contribution in [0.15, 0.2) is 29.3 Å². The van der Waals surface area contributed by atoms with Crippen LogP contribution in [-0.2, 0) is 10.2 Å². The fourth-order valence-corrected chi connectivity index (χ4v) is 3.55. The first-order chi connectivity index (χ1) is 12.0. The zero-order valence-corrected chi connectivity index (χ0v) is 15.8. The summed E-state index contributed by atoms with van der Waals surface area (Å²) in [6, 6.07) is 8.72. The van der Waals surface area contributed by atoms with Gasteiger partial charge >= 0.3 is 0 Å². The lowest BCUT2D eigenvalue weighted by atomic mass is 9.87. The van der Waals surface area contributed by atoms with Gasteiger partial charge in [0.05, 0.1) is 24.8 Å². The quantitative estimate of drug-likeness (QED) is 0.489. The Labute approximate surface area is 151 Å². The van der Waals surface area contributed by atoms with E-state index in [1.54, 1.807) is 7.05 Å². The Balaban J connectivity index is 1.41. The summed E-state index contributed by atoms with van der Waals surface area (Å²) < 4.78 is 11.8. The number of nitrogens with zero attached hydrogens (tertiary/aromatic N) is 1. The number of hydrogen-bond donors (Lipinski definition) is 2. The average molecular weight is 345 g/mol. The highest BCUT2D eigenvalue weighted by molar-refractivity contribution is 5.80. The number of ether oxygens (including phenoxy) is 2. The van der Waals surface area contributed by atoms with Crippen molar-refractivity contribution >= 4 is 5.96 Å². The molecule has 0 aromatic heterocycles. The molecule has 5 heteroatoms. The van der Waals surface area contributed by atoms with Gasteiger partial charge in [-0.1, -0.05) is 32.9 Å². The molecule has 0 spiro atoms. The highest BCUT2D eigenvalue weighted by Crippen LogP contribution is 2.34. The van der Waals surface area contributed by atoms with Gasteiger partial charge in [0.15, 0.2) is 5.96 Å². The van der Waals surface area contributed by atoms with Crippen molar-refractivity contribution in [1.29, 1.82) is 0 Å². The highest BCUT2D eigenvalue weighted by Gasteiger charge is 2.41. The second-order valence-electron chi connectivity index (χ2n) is 7.99. The molecule has 2 saturated heterocycles. The normalized spacial score (nSPS) is 25.9. The third-order valence-electron chi connectivity index (χ3n) is 5.02. The van der Waals surface area contributed by atoms with Crippen molar-refractivity contribution in [3.8, 4) is 5.75 Å². The van der Waals surface area contributed by atoms with Crippen molar-refractivity contribution in [3.05, 3.63) is 29.8 Å². The van der Waals surface area contributed by atoms with Crippen molar-refractivity contribution in [3.63, 3.8) is 0 Å². The lowest BCUT2D eigenvalue weighted by molar-refractivity contribution is 0.0992. The molecular formula is C20H31N3O2. The summed E-state index contributed by atoms with van der Waals surface area (Å²) in [5, 5.41) is 6.81. The fourth-order valence-electron chi connectivity index (χ4n) is 3.55. The van der Waals surface area contributed by atoms with E-state index >= 15 is 0 Å². The minimum atomic E-state index is 0.131. The Morgan fingerprint density at radius 1 is 1.32 bits per heavy atom. The molecule has 3 rings (SSSR count). The standard InChI is InChI=1S/C20H31N3O2/c1-20(2,3)14-6-5-7-15(12-14)24-11-10-22-19(21-4)23-17-13-16-8-9-18(17)25-16/h5-7,12,16-18H,8-11,13H2,1-4H3,(H2,21,22,23). The summed E-state index contributed by atoms with van der Waals surface area (Å²) in [4.78, 5) is 4.31. The second kappa shape index (κ2) is 7.65. The van der Waals surface area contributed by atoms with Crippen molar-refractivity contribution in [1.82, 2.24) is 10.6 Å². The van der Waals surface area contributed by atoms with Crippen molar-refractivity contribution in [2.45, 2.75) is 63.7 Å². The van der Waals surface area contributed by atoms with E-state index in [4.69, 9.17) is 9.47 Å². The summed E-state index contributed by atoms with van der Waals surface area (Å²) in [5.74, 6) is 1.74. The molecule has 2 aliphatic rings. The van der Waals surface area contributed by atoms with Crippen LogP contribution >= 0.6 is 0 Å². The van der Waals surface area contributed by atoms with Gasteiger partial charge in [-0.25, -0.2) is 0 Å². The van der Waals surface area contributed by atoms with E-state index in [9.17, 15) is 0 Å². The summed E-state index contributed by atoms with van der Waals surface area (Å²) in [5.41, 5.74) is 1.42. The number of rotatable bonds is 5. The lowest BCUT2D eigenvalue weighted by Crippen LogP contribution is -2.48. The maximum atomic E-state index is 5.89. The van der Waals surface area contributed by atoms with E-state index in [0.29, 0.717) is 31.4 Å². The SMILES string of the molecule is CN=C(NCCOc1cccc(C(C)(C)C)c1)NC1CC2CCC1O2. The Bertz CT molecular complexity index is 609. The van der Waals surface area contributed by atoms with Crippen LogP contribution in [0.3, 0.4) is 0 Å². The molecule has 2 N–H and O–H groups in total. The fraction of sp³-hybridized carbons (Fsp3) is 0.650. The highest BCUT2D eigenvalue weighted by atomic mass is 16.5. The van der Waals surface area contributed by atoms with E-state index in [1.807, 2.05) is 6.07 Å². The van der Waals surface area contributed by atoms with Gasteiger partial charge in [-0.2, -0.15) is 0 Å². The predicted molar refractivity (Wildman–Crippen MR) is 101 cm³/mol. The molecule has 1 aromatic rings. The van der Waals surface area contributed by atoms with Crippen LogP contribution in [0.1, 0.15) is 45.6 Å². The monoisotopic (exact) mass is 345 g/mol. The van der Waals surface area contributed by atoms with E-state index in [0.717, 1.165) is 24.6 Å². The molecule has 0 saturated carbocycles. The van der Waals surface area contributed by atoms with Crippen LogP contribution in [0.25, 0.3) is 0 Å². The third-order valence-corrected chi connectivity index (χ3v) is 5.02. The van der Waals surface area contributed by atoms with Crippen molar-refractivity contribution < 1.29 is 9.47 Å². The number of fused-ring (bicyclic) bond motifs is 2. The van der Waals surface area contributed by atoms with Gasteiger partial charge in [0.25, 0.3) is 0 Å². The van der Waals surface area contributed by atoms with Gasteiger partial charge in [0.2, 0.25) is 0 Å². The van der Waals surface area contributed by atoms with Gasteiger partial charge in [-0.15, -0.1) is 0 Å². The summed E-state index contributed by atoms with van der Waals surface area (Å²) in [6.07, 6.45) is 4.24. The van der Waals surface area contributed by atoms with Crippen LogP contribution in [0.5, 0.6) is 5.75 Å². The van der Waals surface area contributed by atoms with Gasteiger partial charge in [-0.3, -0.25) is 4.99 Å². The first-order valence-corrected chi connectivity index (χ1v) is 9.31. The van der Waals surface area contributed by atoms with Crippen LogP contribution in [0, 0.1) is 0 Å². The molecule has 2 bridgehead atoms. The molecule has 0 amide bonds. The molecule has 25 heavy (non-hydrogen) atoms. The second-order valence-corrected chi connectivity index (χ2v) is 7.99. The van der Waals surface area contributed by atoms with E-state index in [-0.39, 0.29) is 5.41 Å². The van der Waals surface area contributed by atoms with Crippen molar-refractivity contribution in [2.24, 2.45) is 4.99 Å². The number of guanidine groups is 1. The maximum absolute atomic E-state index is 5.89. The first-order valence-electron chi connectivity index (χ1n) is 9.31. The Kier molecular flexibility index (Phi) is 5.52. The topological polar surface area (TPSA) is 54.9 Å². The largest absolute Gasteiger partial charge is 0.492 e. The summed E-state index contributed by atoms with van der Waals surface area (Å²) in [7, 11) is 1.80. The molecule has 3 atom stereocenters. The predicted octanol–water partition coefficient (Wildman–Crippen LogP) is 2.85. The average Bonchev–Trinajstić information content (AvgIpc) is 3.20. The minimum Gasteiger partial charge on any atom is -0.492 e. The van der Waals surface area contributed by atoms with Crippen LogP contribution in [0.2, 0.25) is 0 Å². The molecule has 2 aliphatic heterocycles. The molecule has 2 fully saturated rings. The molecular weight excluding hydrogens is 314 g/mol. The molecule has 138 valence electrons. The molecule has 1 aromatic carbocycles. The zero-order chi connectivity index (χ0) is 17.9. The molecule has 0 aliphatic carbocycles. The van der Waals surface area contributed by atoms with Gasteiger partial charge in [0, 0.05) is 7.05 Å². The molecule has 3 unspecified atom stereocenters. The lowest BCUT2D eigenvalue weighted by Gasteiger charge is -2.22. The Hall–Kier alpha value is -1.75. The van der Waals surface area contributed by atoms with E-state index in [2.05, 4.69) is 54.6 Å². The van der Waals surface area contributed by atoms with Gasteiger partial charge < -0.3 is 20.1 Å². The van der Waals surface area contributed by atoms with E-state index in [1.165, 1.54) is 12.0 Å². The van der Waals surface area contributed by atoms with E-state index < -0.39 is 0 Å². The van der Waals surface area contributed by atoms with Crippen molar-refractivity contribution in [2.75, 3.05) is 20.2 Å². The van der Waals surface area contributed by atoms with Gasteiger partial charge in [0.1, 0.15) is 12.4 Å². The smallest absolute Gasteiger partial charge is 0.191 e. The zero-order valence-electron chi connectivity index (χ0n) is 15.8. The van der Waals surface area contributed by atoms with Crippen LogP contribution < -0.4 is 15.4 Å². The summed E-state index contributed by atoms with van der Waals surface area (Å²) in [6.45, 7) is 7.94. The first kappa shape index (κ1) is 18.1. The van der Waals surface area contributed by atoms with Gasteiger partial charge in [-0.05, 0) is 42.4 Å². The number of nitrogens with one attached hydrogen (secondary N) is 2. The van der Waals surface area contributed by atoms with Crippen LogP contribution in [-0.4, -0.2) is 44.4 Å². The molecule has 0 radical (unpaired) electrons. The minimum absolute atomic E-state index is 0.131. The van der Waals surface area contributed by atoms with Crippen LogP contribution in [0.4, 0.5) is 0 Å². The molecule has 5 nitrogen and oxygen atoms in total. The third kappa shape index (κ3) is 4.66. The summed E-state index contributed by atoms with van der Waals surface area (Å²) >= 11 is 0.